The van der Waals surface area contributed by atoms with Crippen molar-refractivity contribution in [3.05, 3.63) is 25.3 Å². The monoisotopic (exact) mass is 552 g/mol. The molecule has 4 unspecified atom stereocenters. The van der Waals surface area contributed by atoms with Crippen molar-refractivity contribution < 1.29 is 52.5 Å². The van der Waals surface area contributed by atoms with Crippen molar-refractivity contribution >= 4 is 36.4 Å². The molecule has 0 bridgehead atoms. The molecule has 13 heteroatoms. The highest BCUT2D eigenvalue weighted by Gasteiger charge is 2.67. The quantitative estimate of drug-likeness (QED) is 0.0629. The van der Waals surface area contributed by atoms with Gasteiger partial charge in [-0.05, 0) is 32.6 Å². The molecule has 0 aromatic carbocycles. The molecular formula is C26H36N2O11. The number of nitrogens with one attached hydrogen (secondary N) is 2. The average Bonchev–Trinajstić information content (AvgIpc) is 3.84. The van der Waals surface area contributed by atoms with Crippen LogP contribution in [0.5, 0.6) is 0 Å². The van der Waals surface area contributed by atoms with Crippen LogP contribution in [0.2, 0.25) is 0 Å². The molecule has 0 saturated heterocycles. The van der Waals surface area contributed by atoms with E-state index < -0.39 is 40.9 Å². The number of unbranched alkanes of at least 4 members (excludes halogenated alkanes) is 1. The Bertz CT molecular complexity index is 952. The van der Waals surface area contributed by atoms with Crippen LogP contribution < -0.4 is 10.6 Å². The second-order valence-electron chi connectivity index (χ2n) is 9.05. The molecule has 2 fully saturated rings. The van der Waals surface area contributed by atoms with Gasteiger partial charge in [-0.3, -0.25) is 14.4 Å². The fourth-order valence-corrected chi connectivity index (χ4v) is 3.94. The van der Waals surface area contributed by atoms with Crippen LogP contribution in [0, 0.1) is 22.7 Å². The number of allylic oxidation sites excluding steroid dienone is 2. The van der Waals surface area contributed by atoms with E-state index in [2.05, 4.69) is 23.8 Å². The zero-order valence-electron chi connectivity index (χ0n) is 22.1. The van der Waals surface area contributed by atoms with Gasteiger partial charge in [0.2, 0.25) is 0 Å². The van der Waals surface area contributed by atoms with Crippen LogP contribution in [-0.2, 0) is 42.9 Å². The van der Waals surface area contributed by atoms with Crippen LogP contribution in [0.25, 0.3) is 0 Å². The Morgan fingerprint density at radius 3 is 1.67 bits per heavy atom. The molecule has 0 aromatic rings. The fourth-order valence-electron chi connectivity index (χ4n) is 3.94. The number of carbonyl (C=O) groups excluding carboxylic acids is 6. The van der Waals surface area contributed by atoms with Gasteiger partial charge < -0.3 is 39.1 Å². The Balaban J connectivity index is 1.45. The third-order valence-electron chi connectivity index (χ3n) is 6.48. The number of hydrogen-bond acceptors (Lipinski definition) is 11. The van der Waals surface area contributed by atoms with E-state index in [9.17, 15) is 28.8 Å². The maximum absolute atomic E-state index is 12.3. The number of aldehydes is 1. The standard InChI is InChI=1S/C26H36N2O11/c1-4-18-15-25(18,17-29)20(30)36-11-13-38-23(33)27-9-7-8-10-28-24(34)39-14-12-37-22(32)26(16-19(26)5-2)21(31)35-6-3/h4-5,17-19H,1-2,6-16H2,3H3,(H,27,33)(H,28,34). The maximum atomic E-state index is 12.3. The molecule has 0 aromatic heterocycles. The van der Waals surface area contributed by atoms with Crippen molar-refractivity contribution in [3.63, 3.8) is 0 Å². The number of ether oxygens (including phenoxy) is 5. The van der Waals surface area contributed by atoms with Gasteiger partial charge in [0.25, 0.3) is 0 Å². The van der Waals surface area contributed by atoms with Gasteiger partial charge in [0.05, 0.1) is 6.61 Å². The predicted molar refractivity (Wildman–Crippen MR) is 134 cm³/mol. The largest absolute Gasteiger partial charge is 0.465 e. The molecule has 0 heterocycles. The Morgan fingerprint density at radius 1 is 0.744 bits per heavy atom. The molecule has 4 atom stereocenters. The number of esters is 3. The number of alkyl carbamates (subject to hydrolysis) is 2. The first-order chi connectivity index (χ1) is 18.7. The molecule has 2 N–H and O–H groups in total. The summed E-state index contributed by atoms with van der Waals surface area (Å²) in [6.07, 6.45) is 3.94. The topological polar surface area (TPSA) is 173 Å². The summed E-state index contributed by atoms with van der Waals surface area (Å²) < 4.78 is 24.9. The van der Waals surface area contributed by atoms with Crippen LogP contribution in [0.15, 0.2) is 25.3 Å². The molecule has 2 aliphatic carbocycles. The summed E-state index contributed by atoms with van der Waals surface area (Å²) in [7, 11) is 0. The Hall–Kier alpha value is -3.90. The summed E-state index contributed by atoms with van der Waals surface area (Å²) in [6.45, 7) is 8.79. The van der Waals surface area contributed by atoms with E-state index in [0.29, 0.717) is 25.5 Å². The van der Waals surface area contributed by atoms with Crippen molar-refractivity contribution in [3.8, 4) is 0 Å². The van der Waals surface area contributed by atoms with Gasteiger partial charge in [0, 0.05) is 24.9 Å². The Labute approximate surface area is 226 Å². The fraction of sp³-hybridized carbons (Fsp3) is 0.615. The van der Waals surface area contributed by atoms with Gasteiger partial charge in [-0.25, -0.2) is 9.59 Å². The minimum atomic E-state index is -1.36. The van der Waals surface area contributed by atoms with E-state index in [-0.39, 0.29) is 64.4 Å². The van der Waals surface area contributed by atoms with Crippen molar-refractivity contribution in [2.24, 2.45) is 22.7 Å². The van der Waals surface area contributed by atoms with Crippen molar-refractivity contribution in [1.82, 2.24) is 10.6 Å². The average molecular weight is 553 g/mol. The number of amides is 2. The van der Waals surface area contributed by atoms with E-state index in [0.717, 1.165) is 0 Å². The van der Waals surface area contributed by atoms with E-state index in [1.54, 1.807) is 6.92 Å². The summed E-state index contributed by atoms with van der Waals surface area (Å²) >= 11 is 0. The zero-order chi connectivity index (χ0) is 28.9. The van der Waals surface area contributed by atoms with E-state index in [1.807, 2.05) is 0 Å². The molecule has 0 aliphatic heterocycles. The molecule has 2 aliphatic rings. The number of carbonyl (C=O) groups is 6. The highest BCUT2D eigenvalue weighted by molar-refractivity contribution is 6.04. The van der Waals surface area contributed by atoms with E-state index >= 15 is 0 Å². The van der Waals surface area contributed by atoms with Crippen LogP contribution >= 0.6 is 0 Å². The van der Waals surface area contributed by atoms with Gasteiger partial charge in [-0.15, -0.1) is 13.2 Å². The van der Waals surface area contributed by atoms with Crippen LogP contribution in [0.1, 0.15) is 32.6 Å². The summed E-state index contributed by atoms with van der Waals surface area (Å²) in [5.74, 6) is -2.60. The van der Waals surface area contributed by atoms with Crippen molar-refractivity contribution in [2.75, 3.05) is 46.1 Å². The number of rotatable bonds is 18. The second-order valence-corrected chi connectivity index (χ2v) is 9.05. The van der Waals surface area contributed by atoms with Crippen LogP contribution in [-0.4, -0.2) is 82.5 Å². The minimum absolute atomic E-state index is 0.141. The highest BCUT2D eigenvalue weighted by Crippen LogP contribution is 2.55. The van der Waals surface area contributed by atoms with Crippen LogP contribution in [0.4, 0.5) is 9.59 Å². The number of hydrogen-bond donors (Lipinski definition) is 2. The molecular weight excluding hydrogens is 516 g/mol. The van der Waals surface area contributed by atoms with E-state index in [4.69, 9.17) is 23.7 Å². The lowest BCUT2D eigenvalue weighted by atomic mass is 10.0. The van der Waals surface area contributed by atoms with Gasteiger partial charge in [0.15, 0.2) is 5.41 Å². The Morgan fingerprint density at radius 2 is 1.23 bits per heavy atom. The van der Waals surface area contributed by atoms with Gasteiger partial charge in [0.1, 0.15) is 38.1 Å². The predicted octanol–water partition coefficient (Wildman–Crippen LogP) is 1.45. The summed E-state index contributed by atoms with van der Waals surface area (Å²) in [4.78, 5) is 71.0. The minimum Gasteiger partial charge on any atom is -0.465 e. The third kappa shape index (κ3) is 8.29. The third-order valence-corrected chi connectivity index (χ3v) is 6.48. The summed E-state index contributed by atoms with van der Waals surface area (Å²) in [5, 5.41) is 5.04. The smallest absolute Gasteiger partial charge is 0.407 e. The first-order valence-electron chi connectivity index (χ1n) is 12.8. The normalized spacial score (nSPS) is 24.2. The molecule has 39 heavy (non-hydrogen) atoms. The summed E-state index contributed by atoms with van der Waals surface area (Å²) in [6, 6.07) is 0. The van der Waals surface area contributed by atoms with Gasteiger partial charge in [-0.1, -0.05) is 12.2 Å². The SMILES string of the molecule is C=CC1CC1(C=O)C(=O)OCCOC(=O)NCCCCNC(=O)OCCOC(=O)C1(C(=O)OCC)CC1C=C. The first-order valence-corrected chi connectivity index (χ1v) is 12.8. The second kappa shape index (κ2) is 14.9. The molecule has 0 radical (unpaired) electrons. The molecule has 2 rings (SSSR count). The van der Waals surface area contributed by atoms with Crippen molar-refractivity contribution in [1.29, 1.82) is 0 Å². The molecule has 0 spiro atoms. The molecule has 2 saturated carbocycles. The van der Waals surface area contributed by atoms with E-state index in [1.165, 1.54) is 12.2 Å². The molecule has 13 nitrogen and oxygen atoms in total. The molecule has 216 valence electrons. The Kier molecular flexibility index (Phi) is 12.0. The van der Waals surface area contributed by atoms with Gasteiger partial charge in [-0.2, -0.15) is 0 Å². The first kappa shape index (κ1) is 31.3. The van der Waals surface area contributed by atoms with Crippen LogP contribution in [0.3, 0.4) is 0 Å². The zero-order valence-corrected chi connectivity index (χ0v) is 22.1. The molecule has 2 amide bonds. The summed E-state index contributed by atoms with van der Waals surface area (Å²) in [5.41, 5.74) is -2.52. The maximum Gasteiger partial charge on any atom is 0.407 e. The lowest BCUT2D eigenvalue weighted by molar-refractivity contribution is -0.165. The van der Waals surface area contributed by atoms with Crippen molar-refractivity contribution in [2.45, 2.75) is 32.6 Å². The van der Waals surface area contributed by atoms with Gasteiger partial charge >= 0.3 is 30.1 Å². The lowest BCUT2D eigenvalue weighted by Gasteiger charge is -2.14. The lowest BCUT2D eigenvalue weighted by Crippen LogP contribution is -2.33. The highest BCUT2D eigenvalue weighted by atomic mass is 16.6.